The van der Waals surface area contributed by atoms with Crippen LogP contribution >= 0.6 is 15.9 Å². The van der Waals surface area contributed by atoms with E-state index in [1.807, 2.05) is 24.3 Å². The average Bonchev–Trinajstić information content (AvgIpc) is 2.83. The Morgan fingerprint density at radius 3 is 2.52 bits per heavy atom. The lowest BCUT2D eigenvalue weighted by Gasteiger charge is -1.99. The van der Waals surface area contributed by atoms with Gasteiger partial charge in [-0.25, -0.2) is 14.2 Å². The number of nitrogens with zero attached hydrogens (tertiary/aromatic N) is 1. The summed E-state index contributed by atoms with van der Waals surface area (Å²) in [6.07, 6.45) is 1.60. The number of cyclic esters (lactones) is 1. The second kappa shape index (κ2) is 5.61. The molecule has 3 rings (SSSR count). The molecule has 0 saturated heterocycles. The Bertz CT molecular complexity index is 766. The van der Waals surface area contributed by atoms with E-state index in [0.717, 1.165) is 10.0 Å². The minimum atomic E-state index is -0.587. The number of carbonyl (C=O) groups excluding carboxylic acids is 1. The van der Waals surface area contributed by atoms with E-state index in [4.69, 9.17) is 4.74 Å². The molecule has 1 aliphatic rings. The second-order valence-corrected chi connectivity index (χ2v) is 5.28. The number of ether oxygens (including phenoxy) is 1. The normalized spacial score (nSPS) is 16.0. The highest BCUT2D eigenvalue weighted by Crippen LogP contribution is 2.21. The van der Waals surface area contributed by atoms with Gasteiger partial charge in [-0.1, -0.05) is 40.2 Å². The van der Waals surface area contributed by atoms with Crippen molar-refractivity contribution < 1.29 is 13.9 Å². The quantitative estimate of drug-likeness (QED) is 0.610. The molecule has 21 heavy (non-hydrogen) atoms. The first-order valence-corrected chi connectivity index (χ1v) is 6.96. The van der Waals surface area contributed by atoms with Gasteiger partial charge >= 0.3 is 5.97 Å². The summed E-state index contributed by atoms with van der Waals surface area (Å²) in [4.78, 5) is 15.9. The third kappa shape index (κ3) is 2.92. The third-order valence-corrected chi connectivity index (χ3v) is 3.43. The van der Waals surface area contributed by atoms with E-state index >= 15 is 0 Å². The molecule has 5 heteroatoms. The van der Waals surface area contributed by atoms with Gasteiger partial charge in [0.25, 0.3) is 0 Å². The maximum Gasteiger partial charge on any atom is 0.363 e. The van der Waals surface area contributed by atoms with Crippen molar-refractivity contribution in [1.29, 1.82) is 0 Å². The summed E-state index contributed by atoms with van der Waals surface area (Å²) in [6.45, 7) is 0. The minimum absolute atomic E-state index is 0.0125. The van der Waals surface area contributed by atoms with Crippen LogP contribution in [0.2, 0.25) is 0 Å². The molecule has 0 aliphatic carbocycles. The zero-order valence-corrected chi connectivity index (χ0v) is 12.3. The van der Waals surface area contributed by atoms with E-state index in [1.165, 1.54) is 12.1 Å². The Labute approximate surface area is 128 Å². The Hall–Kier alpha value is -2.27. The van der Waals surface area contributed by atoms with Crippen LogP contribution in [0.25, 0.3) is 6.08 Å². The minimum Gasteiger partial charge on any atom is -0.402 e. The fourth-order valence-corrected chi connectivity index (χ4v) is 2.14. The van der Waals surface area contributed by atoms with Crippen molar-refractivity contribution in [3.63, 3.8) is 0 Å². The highest BCUT2D eigenvalue weighted by Gasteiger charge is 2.25. The largest absolute Gasteiger partial charge is 0.402 e. The van der Waals surface area contributed by atoms with Gasteiger partial charge in [0, 0.05) is 4.47 Å². The maximum atomic E-state index is 13.7. The number of carbonyl (C=O) groups is 1. The molecule has 1 heterocycles. The third-order valence-electron chi connectivity index (χ3n) is 2.90. The molecular formula is C16H9BrFNO2. The van der Waals surface area contributed by atoms with E-state index in [-0.39, 0.29) is 17.2 Å². The van der Waals surface area contributed by atoms with Gasteiger partial charge in [0.1, 0.15) is 5.82 Å². The smallest absolute Gasteiger partial charge is 0.363 e. The van der Waals surface area contributed by atoms with Gasteiger partial charge in [0.2, 0.25) is 5.90 Å². The molecule has 0 spiro atoms. The van der Waals surface area contributed by atoms with Gasteiger partial charge in [-0.3, -0.25) is 0 Å². The lowest BCUT2D eigenvalue weighted by molar-refractivity contribution is -0.129. The molecule has 3 nitrogen and oxygen atoms in total. The first-order valence-electron chi connectivity index (χ1n) is 6.16. The SMILES string of the molecule is O=C1OC(c2ccccc2F)=NC1=Cc1ccc(Br)cc1. The van der Waals surface area contributed by atoms with Crippen LogP contribution in [0.15, 0.2) is 63.7 Å². The molecule has 0 N–H and O–H groups in total. The zero-order valence-electron chi connectivity index (χ0n) is 10.7. The summed E-state index contributed by atoms with van der Waals surface area (Å²) in [5.41, 5.74) is 1.13. The van der Waals surface area contributed by atoms with E-state index in [2.05, 4.69) is 20.9 Å². The van der Waals surface area contributed by atoms with Crippen molar-refractivity contribution in [2.24, 2.45) is 4.99 Å². The van der Waals surface area contributed by atoms with Crippen molar-refractivity contribution in [1.82, 2.24) is 0 Å². The molecule has 2 aromatic rings. The monoisotopic (exact) mass is 345 g/mol. The Kier molecular flexibility index (Phi) is 3.66. The van der Waals surface area contributed by atoms with Crippen LogP contribution in [0.1, 0.15) is 11.1 Å². The molecular weight excluding hydrogens is 337 g/mol. The van der Waals surface area contributed by atoms with Gasteiger partial charge in [-0.2, -0.15) is 0 Å². The van der Waals surface area contributed by atoms with Crippen molar-refractivity contribution >= 4 is 33.9 Å². The molecule has 0 fully saturated rings. The van der Waals surface area contributed by atoms with Crippen molar-refractivity contribution in [2.45, 2.75) is 0 Å². The first-order chi connectivity index (χ1) is 10.1. The number of rotatable bonds is 2. The number of benzene rings is 2. The number of hydrogen-bond donors (Lipinski definition) is 0. The number of halogens is 2. The Morgan fingerprint density at radius 2 is 1.81 bits per heavy atom. The molecule has 0 unspecified atom stereocenters. The van der Waals surface area contributed by atoms with Crippen LogP contribution in [0.3, 0.4) is 0 Å². The fraction of sp³-hybridized carbons (Fsp3) is 0. The predicted octanol–water partition coefficient (Wildman–Crippen LogP) is 3.93. The van der Waals surface area contributed by atoms with Crippen molar-refractivity contribution in [3.05, 3.63) is 75.6 Å². The van der Waals surface area contributed by atoms with Crippen LogP contribution < -0.4 is 0 Å². The summed E-state index contributed by atoms with van der Waals surface area (Å²) in [5.74, 6) is -1.08. The second-order valence-electron chi connectivity index (χ2n) is 4.37. The summed E-state index contributed by atoms with van der Waals surface area (Å²) >= 11 is 3.34. The molecule has 0 saturated carbocycles. The van der Waals surface area contributed by atoms with Gasteiger partial charge in [-0.05, 0) is 35.9 Å². The number of hydrogen-bond acceptors (Lipinski definition) is 3. The summed E-state index contributed by atoms with van der Waals surface area (Å²) in [5, 5.41) is 0. The van der Waals surface area contributed by atoms with Gasteiger partial charge < -0.3 is 4.74 Å². The molecule has 0 aromatic heterocycles. The standard InChI is InChI=1S/C16H9BrFNO2/c17-11-7-5-10(6-8-11)9-14-16(20)21-15(19-14)12-3-1-2-4-13(12)18/h1-9H. The molecule has 0 bridgehead atoms. The fourth-order valence-electron chi connectivity index (χ4n) is 1.88. The maximum absolute atomic E-state index is 13.7. The first kappa shape index (κ1) is 13.7. The molecule has 2 aromatic carbocycles. The van der Waals surface area contributed by atoms with Gasteiger partial charge in [0.05, 0.1) is 5.56 Å². The summed E-state index contributed by atoms with van der Waals surface area (Å²) in [6, 6.07) is 13.4. The highest BCUT2D eigenvalue weighted by atomic mass is 79.9. The topological polar surface area (TPSA) is 38.7 Å². The highest BCUT2D eigenvalue weighted by molar-refractivity contribution is 9.10. The predicted molar refractivity (Wildman–Crippen MR) is 81.1 cm³/mol. The molecule has 0 amide bonds. The van der Waals surface area contributed by atoms with Crippen LogP contribution in [0, 0.1) is 5.82 Å². The average molecular weight is 346 g/mol. The Morgan fingerprint density at radius 1 is 1.10 bits per heavy atom. The van der Waals surface area contributed by atoms with Crippen LogP contribution in [0.5, 0.6) is 0 Å². The number of aliphatic imine (C=N–C) groups is 1. The lowest BCUT2D eigenvalue weighted by Crippen LogP contribution is -2.07. The molecule has 0 atom stereocenters. The van der Waals surface area contributed by atoms with E-state index in [9.17, 15) is 9.18 Å². The van der Waals surface area contributed by atoms with Crippen LogP contribution in [0.4, 0.5) is 4.39 Å². The van der Waals surface area contributed by atoms with Gasteiger partial charge in [-0.15, -0.1) is 0 Å². The molecule has 0 radical (unpaired) electrons. The van der Waals surface area contributed by atoms with Crippen LogP contribution in [-0.4, -0.2) is 11.9 Å². The van der Waals surface area contributed by atoms with Crippen molar-refractivity contribution in [2.75, 3.05) is 0 Å². The van der Waals surface area contributed by atoms with E-state index < -0.39 is 11.8 Å². The summed E-state index contributed by atoms with van der Waals surface area (Å²) < 4.78 is 19.6. The summed E-state index contributed by atoms with van der Waals surface area (Å²) in [7, 11) is 0. The molecule has 1 aliphatic heterocycles. The lowest BCUT2D eigenvalue weighted by atomic mass is 10.2. The Balaban J connectivity index is 1.96. The van der Waals surface area contributed by atoms with Crippen molar-refractivity contribution in [3.8, 4) is 0 Å². The van der Waals surface area contributed by atoms with Crippen LogP contribution in [-0.2, 0) is 9.53 Å². The zero-order chi connectivity index (χ0) is 14.8. The van der Waals surface area contributed by atoms with E-state index in [1.54, 1.807) is 18.2 Å². The van der Waals surface area contributed by atoms with Gasteiger partial charge in [0.15, 0.2) is 5.70 Å². The van der Waals surface area contributed by atoms with E-state index in [0.29, 0.717) is 0 Å². The number of esters is 1. The molecule has 104 valence electrons.